The van der Waals surface area contributed by atoms with E-state index in [1.165, 1.54) is 11.8 Å². The van der Waals surface area contributed by atoms with Crippen molar-refractivity contribution in [3.8, 4) is 5.82 Å². The van der Waals surface area contributed by atoms with E-state index in [9.17, 15) is 0 Å². The number of nitrogens with zero attached hydrogens (tertiary/aromatic N) is 5. The largest absolute Gasteiger partial charge is 0.373 e. The van der Waals surface area contributed by atoms with E-state index in [1.807, 2.05) is 26.3 Å². The van der Waals surface area contributed by atoms with Crippen molar-refractivity contribution in [1.29, 1.82) is 0 Å². The Hall–Kier alpha value is -1.63. The highest BCUT2D eigenvalue weighted by Gasteiger charge is 2.12. The first-order valence-electron chi connectivity index (χ1n) is 6.27. The van der Waals surface area contributed by atoms with Gasteiger partial charge < -0.3 is 5.32 Å². The van der Waals surface area contributed by atoms with Crippen molar-refractivity contribution in [3.63, 3.8) is 0 Å². The molecule has 7 heteroatoms. The average molecular weight is 278 g/mol. The summed E-state index contributed by atoms with van der Waals surface area (Å²) in [6.45, 7) is 4.11. The van der Waals surface area contributed by atoms with E-state index in [1.54, 1.807) is 4.68 Å². The molecule has 0 atom stereocenters. The van der Waals surface area contributed by atoms with Crippen molar-refractivity contribution < 1.29 is 0 Å². The summed E-state index contributed by atoms with van der Waals surface area (Å²) in [4.78, 5) is 13.4. The van der Waals surface area contributed by atoms with Gasteiger partial charge in [-0.3, -0.25) is 0 Å². The van der Waals surface area contributed by atoms with E-state index < -0.39 is 0 Å². The Morgan fingerprint density at radius 3 is 2.58 bits per heavy atom. The van der Waals surface area contributed by atoms with Crippen molar-refractivity contribution in [2.24, 2.45) is 0 Å². The van der Waals surface area contributed by atoms with Crippen LogP contribution in [0.2, 0.25) is 0 Å². The number of rotatable bonds is 5. The first-order valence-corrected chi connectivity index (χ1v) is 7.50. The highest BCUT2D eigenvalue weighted by Crippen LogP contribution is 2.17. The lowest BCUT2D eigenvalue weighted by molar-refractivity contribution is 0.749. The number of aryl methyl sites for hydroxylation is 2. The highest BCUT2D eigenvalue weighted by atomic mass is 32.2. The minimum absolute atomic E-state index is 0.720. The summed E-state index contributed by atoms with van der Waals surface area (Å²) < 4.78 is 1.81. The molecule has 0 fully saturated rings. The molecule has 6 nitrogen and oxygen atoms in total. The Bertz CT molecular complexity index is 543. The Balaban J connectivity index is 2.53. The summed E-state index contributed by atoms with van der Waals surface area (Å²) in [6.07, 6.45) is 3.60. The summed E-state index contributed by atoms with van der Waals surface area (Å²) in [7, 11) is 1.84. The monoisotopic (exact) mass is 278 g/mol. The Morgan fingerprint density at radius 2 is 2.00 bits per heavy atom. The van der Waals surface area contributed by atoms with Crippen LogP contribution in [0.5, 0.6) is 0 Å². The van der Waals surface area contributed by atoms with Gasteiger partial charge in [0.05, 0.1) is 0 Å². The summed E-state index contributed by atoms with van der Waals surface area (Å²) in [5, 5.41) is 8.26. The molecule has 0 aliphatic carbocycles. The summed E-state index contributed by atoms with van der Waals surface area (Å²) >= 11 is 1.51. The van der Waals surface area contributed by atoms with Crippen LogP contribution in [-0.2, 0) is 12.8 Å². The molecule has 0 saturated heterocycles. The van der Waals surface area contributed by atoms with Crippen molar-refractivity contribution in [2.75, 3.05) is 18.6 Å². The molecule has 0 spiro atoms. The smallest absolute Gasteiger partial charge is 0.191 e. The fraction of sp³-hybridized carbons (Fsp3) is 0.500. The molecule has 0 saturated carbocycles. The number of aromatic nitrogens is 5. The third kappa shape index (κ3) is 2.86. The average Bonchev–Trinajstić information content (AvgIpc) is 2.90. The van der Waals surface area contributed by atoms with E-state index in [0.29, 0.717) is 0 Å². The number of hydrogen-bond donors (Lipinski definition) is 1. The van der Waals surface area contributed by atoms with Gasteiger partial charge in [-0.15, -0.1) is 5.10 Å². The minimum Gasteiger partial charge on any atom is -0.373 e. The van der Waals surface area contributed by atoms with Gasteiger partial charge in [0, 0.05) is 26.0 Å². The molecule has 2 aromatic rings. The van der Waals surface area contributed by atoms with Gasteiger partial charge >= 0.3 is 0 Å². The number of hydrogen-bond acceptors (Lipinski definition) is 6. The van der Waals surface area contributed by atoms with Crippen LogP contribution in [0.3, 0.4) is 0 Å². The molecule has 0 radical (unpaired) electrons. The van der Waals surface area contributed by atoms with Crippen LogP contribution in [0, 0.1) is 0 Å². The number of nitrogens with one attached hydrogen (secondary N) is 1. The van der Waals surface area contributed by atoms with E-state index in [2.05, 4.69) is 32.3 Å². The molecular formula is C12H18N6S. The fourth-order valence-electron chi connectivity index (χ4n) is 1.69. The first kappa shape index (κ1) is 13.8. The SMILES string of the molecule is CCc1nc(CC)n(-c2cc(NC)nc(SC)n2)n1. The Labute approximate surface area is 117 Å². The van der Waals surface area contributed by atoms with Crippen LogP contribution in [0.25, 0.3) is 5.82 Å². The minimum atomic E-state index is 0.720. The molecule has 2 aromatic heterocycles. The van der Waals surface area contributed by atoms with Crippen molar-refractivity contribution in [2.45, 2.75) is 31.8 Å². The number of thioether (sulfide) groups is 1. The molecule has 0 aliphatic rings. The summed E-state index contributed by atoms with van der Waals surface area (Å²) in [5.41, 5.74) is 0. The Kier molecular flexibility index (Phi) is 4.36. The van der Waals surface area contributed by atoms with E-state index in [4.69, 9.17) is 0 Å². The molecule has 1 N–H and O–H groups in total. The maximum absolute atomic E-state index is 4.50. The molecule has 0 aromatic carbocycles. The van der Waals surface area contributed by atoms with Crippen LogP contribution in [0.1, 0.15) is 25.5 Å². The molecule has 102 valence electrons. The lowest BCUT2D eigenvalue weighted by atomic mass is 10.4. The van der Waals surface area contributed by atoms with Crippen molar-refractivity contribution in [3.05, 3.63) is 17.7 Å². The fourth-order valence-corrected chi connectivity index (χ4v) is 2.07. The zero-order valence-electron chi connectivity index (χ0n) is 11.6. The van der Waals surface area contributed by atoms with Crippen LogP contribution >= 0.6 is 11.8 Å². The third-order valence-electron chi connectivity index (χ3n) is 2.70. The standard InChI is InChI=1S/C12H18N6S/c1-5-8-14-10(6-2)18(17-8)11-7-9(13-3)15-12(16-11)19-4/h7H,5-6H2,1-4H3,(H,13,15,16). The van der Waals surface area contributed by atoms with Crippen LogP contribution < -0.4 is 5.32 Å². The van der Waals surface area contributed by atoms with E-state index >= 15 is 0 Å². The first-order chi connectivity index (χ1) is 9.21. The van der Waals surface area contributed by atoms with Gasteiger partial charge in [-0.05, 0) is 6.26 Å². The lowest BCUT2D eigenvalue weighted by Crippen LogP contribution is -2.07. The summed E-state index contributed by atoms with van der Waals surface area (Å²) in [6, 6.07) is 1.88. The predicted octanol–water partition coefficient (Wildman–Crippen LogP) is 1.95. The second kappa shape index (κ2) is 6.01. The maximum atomic E-state index is 4.50. The number of anilines is 1. The van der Waals surface area contributed by atoms with Crippen molar-refractivity contribution >= 4 is 17.6 Å². The summed E-state index contributed by atoms with van der Waals surface area (Å²) in [5.74, 6) is 3.30. The highest BCUT2D eigenvalue weighted by molar-refractivity contribution is 7.98. The van der Waals surface area contributed by atoms with E-state index in [0.717, 1.165) is 41.3 Å². The molecule has 0 aliphatic heterocycles. The van der Waals surface area contributed by atoms with E-state index in [-0.39, 0.29) is 0 Å². The normalized spacial score (nSPS) is 10.7. The van der Waals surface area contributed by atoms with Gasteiger partial charge in [0.15, 0.2) is 16.8 Å². The third-order valence-corrected chi connectivity index (χ3v) is 3.25. The van der Waals surface area contributed by atoms with Crippen LogP contribution in [0.4, 0.5) is 5.82 Å². The molecule has 0 bridgehead atoms. The van der Waals surface area contributed by atoms with Gasteiger partial charge in [0.25, 0.3) is 0 Å². The van der Waals surface area contributed by atoms with Gasteiger partial charge in [0.1, 0.15) is 11.6 Å². The molecule has 0 unspecified atom stereocenters. The molecule has 19 heavy (non-hydrogen) atoms. The van der Waals surface area contributed by atoms with Crippen LogP contribution in [0.15, 0.2) is 11.2 Å². The van der Waals surface area contributed by atoms with Crippen LogP contribution in [-0.4, -0.2) is 38.0 Å². The maximum Gasteiger partial charge on any atom is 0.191 e. The zero-order valence-corrected chi connectivity index (χ0v) is 12.5. The molecule has 0 amide bonds. The van der Waals surface area contributed by atoms with Gasteiger partial charge in [-0.1, -0.05) is 25.6 Å². The second-order valence-corrected chi connectivity index (χ2v) is 4.68. The van der Waals surface area contributed by atoms with Gasteiger partial charge in [-0.2, -0.15) is 4.68 Å². The zero-order chi connectivity index (χ0) is 13.8. The topological polar surface area (TPSA) is 68.5 Å². The second-order valence-electron chi connectivity index (χ2n) is 3.91. The molecule has 2 heterocycles. The molecule has 2 rings (SSSR count). The lowest BCUT2D eigenvalue weighted by Gasteiger charge is -2.07. The molecular weight excluding hydrogens is 260 g/mol. The van der Waals surface area contributed by atoms with Gasteiger partial charge in [0.2, 0.25) is 0 Å². The predicted molar refractivity (Wildman–Crippen MR) is 77.0 cm³/mol. The van der Waals surface area contributed by atoms with Crippen molar-refractivity contribution in [1.82, 2.24) is 24.7 Å². The van der Waals surface area contributed by atoms with Gasteiger partial charge in [-0.25, -0.2) is 15.0 Å². The quantitative estimate of drug-likeness (QED) is 0.666. The Morgan fingerprint density at radius 1 is 1.21 bits per heavy atom.